The van der Waals surface area contributed by atoms with Crippen LogP contribution in [0.1, 0.15) is 13.8 Å². The van der Waals surface area contributed by atoms with Gasteiger partial charge in [-0.3, -0.25) is 0 Å². The molecule has 0 aliphatic rings. The molecule has 0 heterocycles. The van der Waals surface area contributed by atoms with Crippen molar-refractivity contribution in [3.63, 3.8) is 0 Å². The highest BCUT2D eigenvalue weighted by Crippen LogP contribution is 1.94. The number of likely N-dealkylation sites (N-methyl/N-ethyl adjacent to an activating group) is 1. The molecule has 0 amide bonds. The number of nitrogens with zero attached hydrogens (tertiary/aromatic N) is 1. The largest absolute Gasteiger partial charge is 0.394 e. The first-order valence-electron chi connectivity index (χ1n) is 3.57. The lowest BCUT2D eigenvalue weighted by molar-refractivity contribution is 0.0588. The van der Waals surface area contributed by atoms with Crippen molar-refractivity contribution in [3.8, 4) is 0 Å². The van der Waals surface area contributed by atoms with Gasteiger partial charge < -0.3 is 15.1 Å². The fraction of sp³-hybridized carbons (Fsp3) is 1.00. The molecule has 0 saturated carbocycles. The van der Waals surface area contributed by atoms with Crippen molar-refractivity contribution in [2.75, 3.05) is 20.2 Å². The number of hydrogen-bond acceptors (Lipinski definition) is 3. The van der Waals surface area contributed by atoms with Crippen molar-refractivity contribution in [1.82, 2.24) is 4.90 Å². The van der Waals surface area contributed by atoms with Crippen LogP contribution in [0.4, 0.5) is 0 Å². The third-order valence-corrected chi connectivity index (χ3v) is 1.59. The zero-order chi connectivity index (χ0) is 8.15. The van der Waals surface area contributed by atoms with E-state index in [1.165, 1.54) is 0 Å². The van der Waals surface area contributed by atoms with Crippen LogP contribution >= 0.6 is 0 Å². The summed E-state index contributed by atoms with van der Waals surface area (Å²) in [6.45, 7) is 4.47. The molecular weight excluding hydrogens is 130 g/mol. The molecule has 0 aromatic heterocycles. The lowest BCUT2D eigenvalue weighted by Gasteiger charge is -2.22. The van der Waals surface area contributed by atoms with E-state index in [-0.39, 0.29) is 6.61 Å². The average molecular weight is 147 g/mol. The van der Waals surface area contributed by atoms with Crippen LogP contribution in [-0.4, -0.2) is 47.5 Å². The summed E-state index contributed by atoms with van der Waals surface area (Å²) in [5, 5.41) is 17.5. The molecule has 0 aromatic carbocycles. The molecule has 0 radical (unpaired) electrons. The van der Waals surface area contributed by atoms with Crippen LogP contribution in [0.5, 0.6) is 0 Å². The zero-order valence-electron chi connectivity index (χ0n) is 6.91. The molecule has 0 rings (SSSR count). The quantitative estimate of drug-likeness (QED) is 0.573. The lowest BCUT2D eigenvalue weighted by Crippen LogP contribution is -2.35. The minimum atomic E-state index is -0.604. The van der Waals surface area contributed by atoms with Crippen LogP contribution in [0.2, 0.25) is 0 Å². The predicted octanol–water partition coefficient (Wildman–Crippen LogP) is -0.320. The van der Waals surface area contributed by atoms with Crippen molar-refractivity contribution < 1.29 is 10.2 Å². The third kappa shape index (κ3) is 3.82. The van der Waals surface area contributed by atoms with Gasteiger partial charge in [-0.15, -0.1) is 0 Å². The number of aliphatic hydroxyl groups is 2. The predicted molar refractivity (Wildman–Crippen MR) is 40.9 cm³/mol. The van der Waals surface area contributed by atoms with E-state index in [4.69, 9.17) is 10.2 Å². The number of rotatable bonds is 4. The Bertz CT molecular complexity index is 85.7. The average Bonchev–Trinajstić information content (AvgIpc) is 1.87. The van der Waals surface area contributed by atoms with Gasteiger partial charge in [-0.25, -0.2) is 0 Å². The Morgan fingerprint density at radius 3 is 2.20 bits per heavy atom. The van der Waals surface area contributed by atoms with E-state index in [1.54, 1.807) is 0 Å². The van der Waals surface area contributed by atoms with Gasteiger partial charge >= 0.3 is 0 Å². The molecule has 0 unspecified atom stereocenters. The first-order valence-corrected chi connectivity index (χ1v) is 3.57. The standard InChI is InChI=1S/C7H17NO2/c1-6(2)8(3)4-7(10)5-9/h6-7,9-10H,4-5H2,1-3H3/t7-/m0/s1. The van der Waals surface area contributed by atoms with Gasteiger partial charge in [0, 0.05) is 12.6 Å². The van der Waals surface area contributed by atoms with Gasteiger partial charge in [0.05, 0.1) is 12.7 Å². The van der Waals surface area contributed by atoms with Crippen LogP contribution in [0, 0.1) is 0 Å². The highest BCUT2D eigenvalue weighted by Gasteiger charge is 2.08. The molecule has 0 saturated heterocycles. The van der Waals surface area contributed by atoms with Crippen LogP contribution in [-0.2, 0) is 0 Å². The zero-order valence-corrected chi connectivity index (χ0v) is 6.91. The summed E-state index contributed by atoms with van der Waals surface area (Å²) < 4.78 is 0. The monoisotopic (exact) mass is 147 g/mol. The second-order valence-corrected chi connectivity index (χ2v) is 2.87. The molecule has 3 nitrogen and oxygen atoms in total. The van der Waals surface area contributed by atoms with E-state index in [2.05, 4.69) is 0 Å². The van der Waals surface area contributed by atoms with Crippen molar-refractivity contribution in [2.24, 2.45) is 0 Å². The van der Waals surface area contributed by atoms with Crippen LogP contribution < -0.4 is 0 Å². The molecule has 10 heavy (non-hydrogen) atoms. The maximum atomic E-state index is 8.99. The van der Waals surface area contributed by atoms with Crippen molar-refractivity contribution >= 4 is 0 Å². The van der Waals surface area contributed by atoms with Gasteiger partial charge in [0.25, 0.3) is 0 Å². The van der Waals surface area contributed by atoms with E-state index in [0.29, 0.717) is 12.6 Å². The summed E-state index contributed by atoms with van der Waals surface area (Å²) in [5.74, 6) is 0. The minimum Gasteiger partial charge on any atom is -0.394 e. The first-order chi connectivity index (χ1) is 4.57. The summed E-state index contributed by atoms with van der Waals surface area (Å²) in [7, 11) is 1.92. The smallest absolute Gasteiger partial charge is 0.0897 e. The second kappa shape index (κ2) is 4.66. The lowest BCUT2D eigenvalue weighted by atomic mass is 10.3. The summed E-state index contributed by atoms with van der Waals surface area (Å²) in [6.07, 6.45) is -0.604. The molecular formula is C7H17NO2. The van der Waals surface area contributed by atoms with Gasteiger partial charge in [-0.05, 0) is 20.9 Å². The normalized spacial score (nSPS) is 14.7. The Morgan fingerprint density at radius 2 is 1.90 bits per heavy atom. The van der Waals surface area contributed by atoms with Crippen LogP contribution in [0.25, 0.3) is 0 Å². The molecule has 2 N–H and O–H groups in total. The van der Waals surface area contributed by atoms with Gasteiger partial charge in [0.2, 0.25) is 0 Å². The Labute approximate surface area is 62.3 Å². The van der Waals surface area contributed by atoms with E-state index in [9.17, 15) is 0 Å². The summed E-state index contributed by atoms with van der Waals surface area (Å²) in [4.78, 5) is 1.99. The summed E-state index contributed by atoms with van der Waals surface area (Å²) in [6, 6.07) is 0.418. The number of hydrogen-bond donors (Lipinski definition) is 2. The fourth-order valence-electron chi connectivity index (χ4n) is 0.601. The Morgan fingerprint density at radius 1 is 1.40 bits per heavy atom. The molecule has 0 bridgehead atoms. The topological polar surface area (TPSA) is 43.7 Å². The van der Waals surface area contributed by atoms with E-state index < -0.39 is 6.10 Å². The van der Waals surface area contributed by atoms with E-state index >= 15 is 0 Å². The summed E-state index contributed by atoms with van der Waals surface area (Å²) >= 11 is 0. The molecule has 0 aliphatic carbocycles. The maximum absolute atomic E-state index is 8.99. The van der Waals surface area contributed by atoms with Gasteiger partial charge in [-0.2, -0.15) is 0 Å². The molecule has 0 fully saturated rings. The third-order valence-electron chi connectivity index (χ3n) is 1.59. The van der Waals surface area contributed by atoms with Crippen molar-refractivity contribution in [3.05, 3.63) is 0 Å². The molecule has 0 aromatic rings. The second-order valence-electron chi connectivity index (χ2n) is 2.87. The summed E-state index contributed by atoms with van der Waals surface area (Å²) in [5.41, 5.74) is 0. The van der Waals surface area contributed by atoms with Gasteiger partial charge in [-0.1, -0.05) is 0 Å². The van der Waals surface area contributed by atoms with Gasteiger partial charge in [0.15, 0.2) is 0 Å². The maximum Gasteiger partial charge on any atom is 0.0897 e. The van der Waals surface area contributed by atoms with E-state index in [1.807, 2.05) is 25.8 Å². The van der Waals surface area contributed by atoms with Crippen LogP contribution in [0.3, 0.4) is 0 Å². The molecule has 1 atom stereocenters. The highest BCUT2D eigenvalue weighted by molar-refractivity contribution is 4.62. The van der Waals surface area contributed by atoms with Gasteiger partial charge in [0.1, 0.15) is 0 Å². The first kappa shape index (κ1) is 9.88. The Kier molecular flexibility index (Phi) is 4.60. The fourth-order valence-corrected chi connectivity index (χ4v) is 0.601. The molecule has 0 spiro atoms. The van der Waals surface area contributed by atoms with Crippen molar-refractivity contribution in [2.45, 2.75) is 26.0 Å². The van der Waals surface area contributed by atoms with Crippen LogP contribution in [0.15, 0.2) is 0 Å². The minimum absolute atomic E-state index is 0.156. The number of aliphatic hydroxyl groups excluding tert-OH is 2. The molecule has 62 valence electrons. The molecule has 0 aliphatic heterocycles. The SMILES string of the molecule is CC(C)N(C)C[C@H](O)CO. The Hall–Kier alpha value is -0.120. The van der Waals surface area contributed by atoms with E-state index in [0.717, 1.165) is 0 Å². The van der Waals surface area contributed by atoms with Crippen molar-refractivity contribution in [1.29, 1.82) is 0 Å². The molecule has 3 heteroatoms. The Balaban J connectivity index is 3.46. The highest BCUT2D eigenvalue weighted by atomic mass is 16.3.